The predicted octanol–water partition coefficient (Wildman–Crippen LogP) is 2.16. The molecule has 0 unspecified atom stereocenters. The SMILES string of the molecule is O=C1OC(C2CC2)=N/C1=C/c1ccc2c(c1)OCCO2. The van der Waals surface area contributed by atoms with Crippen LogP contribution in [0.4, 0.5) is 0 Å². The minimum Gasteiger partial charge on any atom is -0.486 e. The van der Waals surface area contributed by atoms with Crippen LogP contribution in [0.25, 0.3) is 6.08 Å². The number of rotatable bonds is 2. The summed E-state index contributed by atoms with van der Waals surface area (Å²) in [5.41, 5.74) is 1.20. The Labute approximate surface area is 115 Å². The lowest BCUT2D eigenvalue weighted by Crippen LogP contribution is -2.15. The van der Waals surface area contributed by atoms with Crippen molar-refractivity contribution in [2.45, 2.75) is 12.8 Å². The summed E-state index contributed by atoms with van der Waals surface area (Å²) in [5.74, 6) is 1.96. The number of carbonyl (C=O) groups excluding carboxylic acids is 1. The highest BCUT2D eigenvalue weighted by Crippen LogP contribution is 2.35. The summed E-state index contributed by atoms with van der Waals surface area (Å²) in [4.78, 5) is 16.0. The molecule has 0 bridgehead atoms. The molecule has 20 heavy (non-hydrogen) atoms. The van der Waals surface area contributed by atoms with Crippen LogP contribution in [-0.2, 0) is 9.53 Å². The molecule has 2 heterocycles. The maximum absolute atomic E-state index is 11.7. The molecule has 102 valence electrons. The van der Waals surface area contributed by atoms with E-state index in [0.29, 0.717) is 36.5 Å². The van der Waals surface area contributed by atoms with Gasteiger partial charge in [0.05, 0.1) is 0 Å². The number of nitrogens with zero attached hydrogens (tertiary/aromatic N) is 1. The Morgan fingerprint density at radius 2 is 1.95 bits per heavy atom. The summed E-state index contributed by atoms with van der Waals surface area (Å²) in [6.45, 7) is 1.11. The molecule has 3 aliphatic rings. The Kier molecular flexibility index (Phi) is 2.52. The lowest BCUT2D eigenvalue weighted by Gasteiger charge is -2.18. The molecule has 0 N–H and O–H groups in total. The molecule has 0 amide bonds. The topological polar surface area (TPSA) is 57.1 Å². The van der Waals surface area contributed by atoms with Crippen molar-refractivity contribution < 1.29 is 19.0 Å². The van der Waals surface area contributed by atoms with Gasteiger partial charge in [0.15, 0.2) is 17.2 Å². The third-order valence-corrected chi connectivity index (χ3v) is 3.43. The highest BCUT2D eigenvalue weighted by Gasteiger charge is 2.35. The molecule has 2 aliphatic heterocycles. The van der Waals surface area contributed by atoms with E-state index in [4.69, 9.17) is 14.2 Å². The maximum Gasteiger partial charge on any atom is 0.363 e. The molecule has 1 aliphatic carbocycles. The molecule has 0 spiro atoms. The average Bonchev–Trinajstić information content (AvgIpc) is 3.25. The number of cyclic esters (lactones) is 1. The van der Waals surface area contributed by atoms with Crippen LogP contribution < -0.4 is 9.47 Å². The van der Waals surface area contributed by atoms with Crippen LogP contribution in [0.5, 0.6) is 11.5 Å². The van der Waals surface area contributed by atoms with Crippen LogP contribution in [0.3, 0.4) is 0 Å². The van der Waals surface area contributed by atoms with Gasteiger partial charge in [-0.2, -0.15) is 0 Å². The zero-order valence-electron chi connectivity index (χ0n) is 10.8. The van der Waals surface area contributed by atoms with Gasteiger partial charge in [-0.15, -0.1) is 0 Å². The summed E-state index contributed by atoms with van der Waals surface area (Å²) in [6, 6.07) is 5.56. The molecule has 1 aromatic carbocycles. The van der Waals surface area contributed by atoms with Gasteiger partial charge in [-0.25, -0.2) is 9.79 Å². The van der Waals surface area contributed by atoms with E-state index in [-0.39, 0.29) is 5.97 Å². The van der Waals surface area contributed by atoms with Gasteiger partial charge in [0.2, 0.25) is 5.90 Å². The standard InChI is InChI=1S/C15H13NO4/c17-15-11(16-14(20-15)10-2-3-10)7-9-1-4-12-13(8-9)19-6-5-18-12/h1,4,7-8,10H,2-3,5-6H2/b11-7+. The fraction of sp³-hybridized carbons (Fsp3) is 0.333. The number of fused-ring (bicyclic) bond motifs is 1. The quantitative estimate of drug-likeness (QED) is 0.611. The minimum atomic E-state index is -0.373. The minimum absolute atomic E-state index is 0.338. The van der Waals surface area contributed by atoms with Crippen molar-refractivity contribution in [3.63, 3.8) is 0 Å². The molecule has 4 rings (SSSR count). The molecular formula is C15H13NO4. The zero-order chi connectivity index (χ0) is 13.5. The van der Waals surface area contributed by atoms with E-state index in [1.807, 2.05) is 18.2 Å². The average molecular weight is 271 g/mol. The van der Waals surface area contributed by atoms with Gasteiger partial charge in [-0.05, 0) is 36.6 Å². The summed E-state index contributed by atoms with van der Waals surface area (Å²) in [5, 5.41) is 0. The number of ether oxygens (including phenoxy) is 3. The van der Waals surface area contributed by atoms with Gasteiger partial charge in [0, 0.05) is 5.92 Å². The Hall–Kier alpha value is -2.30. The Balaban J connectivity index is 1.64. The maximum atomic E-state index is 11.7. The first-order valence-corrected chi connectivity index (χ1v) is 6.72. The fourth-order valence-electron chi connectivity index (χ4n) is 2.24. The summed E-state index contributed by atoms with van der Waals surface area (Å²) >= 11 is 0. The van der Waals surface area contributed by atoms with Crippen LogP contribution in [-0.4, -0.2) is 25.1 Å². The molecule has 0 radical (unpaired) electrons. The van der Waals surface area contributed by atoms with E-state index in [9.17, 15) is 4.79 Å². The number of aliphatic imine (C=N–C) groups is 1. The van der Waals surface area contributed by atoms with Crippen LogP contribution in [0.15, 0.2) is 28.9 Å². The van der Waals surface area contributed by atoms with Gasteiger partial charge in [0.25, 0.3) is 0 Å². The van der Waals surface area contributed by atoms with E-state index < -0.39 is 0 Å². The third-order valence-electron chi connectivity index (χ3n) is 3.43. The Morgan fingerprint density at radius 3 is 2.75 bits per heavy atom. The van der Waals surface area contributed by atoms with Gasteiger partial charge in [-0.3, -0.25) is 0 Å². The van der Waals surface area contributed by atoms with Crippen molar-refractivity contribution >= 4 is 17.9 Å². The second kappa shape index (κ2) is 4.37. The monoisotopic (exact) mass is 271 g/mol. The highest BCUT2D eigenvalue weighted by molar-refractivity contribution is 6.08. The van der Waals surface area contributed by atoms with Crippen molar-refractivity contribution in [3.8, 4) is 11.5 Å². The molecule has 5 nitrogen and oxygen atoms in total. The van der Waals surface area contributed by atoms with Crippen LogP contribution >= 0.6 is 0 Å². The van der Waals surface area contributed by atoms with E-state index in [1.54, 1.807) is 6.08 Å². The second-order valence-corrected chi connectivity index (χ2v) is 5.05. The highest BCUT2D eigenvalue weighted by atomic mass is 16.6. The molecular weight excluding hydrogens is 258 g/mol. The van der Waals surface area contributed by atoms with E-state index >= 15 is 0 Å². The number of carbonyl (C=O) groups is 1. The summed E-state index contributed by atoms with van der Waals surface area (Å²) in [6.07, 6.45) is 3.84. The molecule has 0 aromatic heterocycles. The molecule has 0 atom stereocenters. The van der Waals surface area contributed by atoms with Crippen molar-refractivity contribution in [1.29, 1.82) is 0 Å². The molecule has 1 aromatic rings. The normalized spacial score (nSPS) is 22.7. The van der Waals surface area contributed by atoms with E-state index in [2.05, 4.69) is 4.99 Å². The molecule has 1 fully saturated rings. The first kappa shape index (κ1) is 11.5. The largest absolute Gasteiger partial charge is 0.486 e. The first-order valence-electron chi connectivity index (χ1n) is 6.72. The molecule has 0 saturated heterocycles. The van der Waals surface area contributed by atoms with Crippen molar-refractivity contribution in [2.24, 2.45) is 10.9 Å². The lowest BCUT2D eigenvalue weighted by atomic mass is 10.1. The van der Waals surface area contributed by atoms with E-state index in [0.717, 1.165) is 24.2 Å². The van der Waals surface area contributed by atoms with Gasteiger partial charge in [0.1, 0.15) is 13.2 Å². The predicted molar refractivity (Wildman–Crippen MR) is 71.7 cm³/mol. The van der Waals surface area contributed by atoms with Crippen molar-refractivity contribution in [2.75, 3.05) is 13.2 Å². The summed E-state index contributed by atoms with van der Waals surface area (Å²) < 4.78 is 16.1. The van der Waals surface area contributed by atoms with Crippen LogP contribution in [0.2, 0.25) is 0 Å². The van der Waals surface area contributed by atoms with Crippen molar-refractivity contribution in [3.05, 3.63) is 29.5 Å². The van der Waals surface area contributed by atoms with Gasteiger partial charge < -0.3 is 14.2 Å². The van der Waals surface area contributed by atoms with Crippen molar-refractivity contribution in [1.82, 2.24) is 0 Å². The number of hydrogen-bond donors (Lipinski definition) is 0. The van der Waals surface area contributed by atoms with Crippen LogP contribution in [0, 0.1) is 5.92 Å². The lowest BCUT2D eigenvalue weighted by molar-refractivity contribution is -0.130. The second-order valence-electron chi connectivity index (χ2n) is 5.05. The smallest absolute Gasteiger partial charge is 0.363 e. The number of benzene rings is 1. The van der Waals surface area contributed by atoms with E-state index in [1.165, 1.54) is 0 Å². The van der Waals surface area contributed by atoms with Gasteiger partial charge >= 0.3 is 5.97 Å². The first-order chi connectivity index (χ1) is 9.79. The van der Waals surface area contributed by atoms with Crippen LogP contribution in [0.1, 0.15) is 18.4 Å². The molecule has 5 heteroatoms. The molecule has 1 saturated carbocycles. The number of hydrogen-bond acceptors (Lipinski definition) is 5. The third kappa shape index (κ3) is 2.05. The van der Waals surface area contributed by atoms with Gasteiger partial charge in [-0.1, -0.05) is 6.07 Å². The fourth-order valence-corrected chi connectivity index (χ4v) is 2.24. The zero-order valence-corrected chi connectivity index (χ0v) is 10.8. The Morgan fingerprint density at radius 1 is 1.15 bits per heavy atom. The number of esters is 1. The Bertz CT molecular complexity index is 643. The summed E-state index contributed by atoms with van der Waals surface area (Å²) in [7, 11) is 0.